The lowest BCUT2D eigenvalue weighted by Gasteiger charge is -1.96. The lowest BCUT2D eigenvalue weighted by Crippen LogP contribution is -1.80. The van der Waals surface area contributed by atoms with Crippen LogP contribution in [0.25, 0.3) is 22.9 Å². The maximum Gasteiger partial charge on any atom is 0.249 e. The Morgan fingerprint density at radius 2 is 1.63 bits per heavy atom. The van der Waals surface area contributed by atoms with Crippen LogP contribution in [0.2, 0.25) is 0 Å². The number of benzene rings is 1. The van der Waals surface area contributed by atoms with E-state index in [1.807, 2.05) is 37.3 Å². The number of aryl methyl sites for hydroxylation is 1. The van der Waals surface area contributed by atoms with E-state index >= 15 is 0 Å². The predicted octanol–water partition coefficient (Wildman–Crippen LogP) is 3.87. The summed E-state index contributed by atoms with van der Waals surface area (Å²) in [5.41, 5.74) is 2.90. The summed E-state index contributed by atoms with van der Waals surface area (Å²) in [4.78, 5) is 4.08. The van der Waals surface area contributed by atoms with Crippen molar-refractivity contribution in [2.75, 3.05) is 0 Å². The average molecular weight is 316 g/mol. The van der Waals surface area contributed by atoms with Gasteiger partial charge in [-0.1, -0.05) is 17.7 Å². The van der Waals surface area contributed by atoms with Gasteiger partial charge in [-0.3, -0.25) is 4.98 Å². The van der Waals surface area contributed by atoms with Crippen LogP contribution < -0.4 is 0 Å². The number of hydrogen-bond donors (Lipinski definition) is 0. The number of halogens is 1. The van der Waals surface area contributed by atoms with Crippen molar-refractivity contribution < 1.29 is 4.42 Å². The zero-order chi connectivity index (χ0) is 13.2. The molecule has 0 N–H and O–H groups in total. The van der Waals surface area contributed by atoms with Gasteiger partial charge in [-0.25, -0.2) is 0 Å². The Labute approximate surface area is 118 Å². The lowest BCUT2D eigenvalue weighted by molar-refractivity contribution is 0.584. The number of aromatic nitrogens is 3. The maximum absolute atomic E-state index is 5.67. The van der Waals surface area contributed by atoms with Crippen molar-refractivity contribution in [3.05, 3.63) is 52.8 Å². The molecule has 3 aromatic rings. The molecule has 0 spiro atoms. The van der Waals surface area contributed by atoms with Gasteiger partial charge < -0.3 is 4.42 Å². The van der Waals surface area contributed by atoms with Gasteiger partial charge in [0.2, 0.25) is 11.8 Å². The van der Waals surface area contributed by atoms with Crippen LogP contribution in [-0.2, 0) is 0 Å². The zero-order valence-electron chi connectivity index (χ0n) is 10.2. The first-order valence-electron chi connectivity index (χ1n) is 5.74. The Kier molecular flexibility index (Phi) is 3.13. The molecular weight excluding hydrogens is 306 g/mol. The van der Waals surface area contributed by atoms with Crippen molar-refractivity contribution in [2.45, 2.75) is 6.92 Å². The predicted molar refractivity (Wildman–Crippen MR) is 75.4 cm³/mol. The van der Waals surface area contributed by atoms with Crippen molar-refractivity contribution in [3.63, 3.8) is 0 Å². The Morgan fingerprint density at radius 3 is 2.32 bits per heavy atom. The topological polar surface area (TPSA) is 51.8 Å². The highest BCUT2D eigenvalue weighted by molar-refractivity contribution is 9.10. The third-order valence-electron chi connectivity index (χ3n) is 2.68. The molecule has 0 saturated heterocycles. The third kappa shape index (κ3) is 2.56. The summed E-state index contributed by atoms with van der Waals surface area (Å²) in [5, 5.41) is 8.11. The van der Waals surface area contributed by atoms with E-state index in [0.29, 0.717) is 11.8 Å². The van der Waals surface area contributed by atoms with E-state index in [1.165, 1.54) is 5.56 Å². The van der Waals surface area contributed by atoms with Gasteiger partial charge in [-0.15, -0.1) is 10.2 Å². The van der Waals surface area contributed by atoms with E-state index in [2.05, 4.69) is 31.1 Å². The van der Waals surface area contributed by atoms with Crippen molar-refractivity contribution in [2.24, 2.45) is 0 Å². The van der Waals surface area contributed by atoms with Crippen LogP contribution in [0.1, 0.15) is 5.56 Å². The Hall–Kier alpha value is -2.01. The zero-order valence-corrected chi connectivity index (χ0v) is 11.8. The van der Waals surface area contributed by atoms with Crippen LogP contribution in [0.4, 0.5) is 0 Å². The van der Waals surface area contributed by atoms with Crippen LogP contribution >= 0.6 is 15.9 Å². The molecule has 5 heteroatoms. The molecule has 19 heavy (non-hydrogen) atoms. The minimum atomic E-state index is 0.462. The second kappa shape index (κ2) is 4.93. The lowest BCUT2D eigenvalue weighted by atomic mass is 10.1. The molecule has 1 aromatic carbocycles. The first kappa shape index (κ1) is 12.0. The maximum atomic E-state index is 5.67. The fraction of sp³-hybridized carbons (Fsp3) is 0.0714. The summed E-state index contributed by atoms with van der Waals surface area (Å²) in [6.45, 7) is 2.04. The molecule has 0 fully saturated rings. The fourth-order valence-electron chi connectivity index (χ4n) is 1.68. The molecule has 0 aliphatic rings. The molecule has 0 aliphatic carbocycles. The molecule has 0 atom stereocenters. The molecule has 2 heterocycles. The molecule has 0 aliphatic heterocycles. The first-order chi connectivity index (χ1) is 9.22. The number of rotatable bonds is 2. The van der Waals surface area contributed by atoms with E-state index < -0.39 is 0 Å². The van der Waals surface area contributed by atoms with E-state index in [4.69, 9.17) is 4.42 Å². The molecular formula is C14H10BrN3O. The van der Waals surface area contributed by atoms with Gasteiger partial charge in [0.15, 0.2) is 0 Å². The van der Waals surface area contributed by atoms with Gasteiger partial charge in [0.25, 0.3) is 0 Å². The smallest absolute Gasteiger partial charge is 0.249 e. The van der Waals surface area contributed by atoms with Gasteiger partial charge in [-0.05, 0) is 41.1 Å². The highest BCUT2D eigenvalue weighted by Gasteiger charge is 2.10. The Bertz CT molecular complexity index is 707. The van der Waals surface area contributed by atoms with Gasteiger partial charge >= 0.3 is 0 Å². The van der Waals surface area contributed by atoms with Crippen LogP contribution in [0, 0.1) is 6.92 Å². The molecule has 0 radical (unpaired) electrons. The largest absolute Gasteiger partial charge is 0.416 e. The summed E-state index contributed by atoms with van der Waals surface area (Å²) < 4.78 is 6.54. The summed E-state index contributed by atoms with van der Waals surface area (Å²) in [7, 11) is 0. The average Bonchev–Trinajstić information content (AvgIpc) is 2.89. The molecule has 2 aromatic heterocycles. The van der Waals surface area contributed by atoms with Crippen LogP contribution in [0.15, 0.2) is 51.6 Å². The van der Waals surface area contributed by atoms with Crippen LogP contribution in [-0.4, -0.2) is 15.2 Å². The first-order valence-corrected chi connectivity index (χ1v) is 6.53. The van der Waals surface area contributed by atoms with E-state index in [-0.39, 0.29) is 0 Å². The fourth-order valence-corrected chi connectivity index (χ4v) is 2.05. The van der Waals surface area contributed by atoms with Crippen molar-refractivity contribution in [3.8, 4) is 22.9 Å². The van der Waals surface area contributed by atoms with Crippen molar-refractivity contribution in [1.29, 1.82) is 0 Å². The third-order valence-corrected chi connectivity index (χ3v) is 3.11. The van der Waals surface area contributed by atoms with Crippen LogP contribution in [0.3, 0.4) is 0 Å². The van der Waals surface area contributed by atoms with Crippen molar-refractivity contribution >= 4 is 15.9 Å². The van der Waals surface area contributed by atoms with Crippen LogP contribution in [0.5, 0.6) is 0 Å². The monoisotopic (exact) mass is 315 g/mol. The molecule has 4 nitrogen and oxygen atoms in total. The Balaban J connectivity index is 1.97. The van der Waals surface area contributed by atoms with E-state index in [0.717, 1.165) is 15.6 Å². The van der Waals surface area contributed by atoms with Gasteiger partial charge in [0, 0.05) is 22.4 Å². The molecule has 0 saturated carbocycles. The van der Waals surface area contributed by atoms with E-state index in [1.54, 1.807) is 12.4 Å². The molecule has 0 unspecified atom stereocenters. The minimum Gasteiger partial charge on any atom is -0.416 e. The quantitative estimate of drug-likeness (QED) is 0.720. The van der Waals surface area contributed by atoms with E-state index in [9.17, 15) is 0 Å². The second-order valence-corrected chi connectivity index (χ2v) is 5.09. The van der Waals surface area contributed by atoms with Gasteiger partial charge in [0.05, 0.1) is 5.56 Å². The normalized spacial score (nSPS) is 10.6. The SMILES string of the molecule is Cc1ccc(-c2nnc(-c3cncc(Br)c3)o2)cc1. The molecule has 94 valence electrons. The number of hydrogen-bond acceptors (Lipinski definition) is 4. The second-order valence-electron chi connectivity index (χ2n) is 4.17. The summed E-state index contributed by atoms with van der Waals surface area (Å²) in [6.07, 6.45) is 3.40. The highest BCUT2D eigenvalue weighted by atomic mass is 79.9. The Morgan fingerprint density at radius 1 is 0.947 bits per heavy atom. The summed E-state index contributed by atoms with van der Waals surface area (Å²) >= 11 is 3.37. The number of nitrogens with zero attached hydrogens (tertiary/aromatic N) is 3. The van der Waals surface area contributed by atoms with Gasteiger partial charge in [-0.2, -0.15) is 0 Å². The van der Waals surface area contributed by atoms with Gasteiger partial charge in [0.1, 0.15) is 0 Å². The molecule has 0 amide bonds. The summed E-state index contributed by atoms with van der Waals surface area (Å²) in [6, 6.07) is 9.84. The minimum absolute atomic E-state index is 0.462. The standard InChI is InChI=1S/C14H10BrN3O/c1-9-2-4-10(5-3-9)13-17-18-14(19-13)11-6-12(15)8-16-7-11/h2-8H,1H3. The molecule has 0 bridgehead atoms. The molecule has 3 rings (SSSR count). The summed E-state index contributed by atoms with van der Waals surface area (Å²) in [5.74, 6) is 0.972. The van der Waals surface area contributed by atoms with Crippen molar-refractivity contribution in [1.82, 2.24) is 15.2 Å². The highest BCUT2D eigenvalue weighted by Crippen LogP contribution is 2.25. The number of pyridine rings is 1.